The molecule has 0 bridgehead atoms. The fraction of sp³-hybridized carbons (Fsp3) is 0.846. The van der Waals surface area contributed by atoms with Crippen LogP contribution in [0.5, 0.6) is 0 Å². The molecule has 3 nitrogen and oxygen atoms in total. The van der Waals surface area contributed by atoms with Gasteiger partial charge in [-0.25, -0.2) is 0 Å². The Hall–Kier alpha value is -0.315. The van der Waals surface area contributed by atoms with Gasteiger partial charge in [-0.05, 0) is 59.5 Å². The second-order valence-corrected chi connectivity index (χ2v) is 6.13. The third-order valence-corrected chi connectivity index (χ3v) is 4.41. The van der Waals surface area contributed by atoms with E-state index in [4.69, 9.17) is 9.31 Å². The van der Waals surface area contributed by atoms with Crippen LogP contribution in [0, 0.1) is 0 Å². The topological polar surface area (TPSA) is 30.5 Å². The fourth-order valence-corrected chi connectivity index (χ4v) is 2.33. The third kappa shape index (κ3) is 2.44. The second kappa shape index (κ2) is 4.41. The Morgan fingerprint density at radius 1 is 1.24 bits per heavy atom. The molecule has 1 saturated heterocycles. The van der Waals surface area contributed by atoms with Gasteiger partial charge >= 0.3 is 7.12 Å². The zero-order valence-corrected chi connectivity index (χ0v) is 11.7. The number of nitrogens with one attached hydrogen (secondary N) is 1. The van der Waals surface area contributed by atoms with Gasteiger partial charge in [0.25, 0.3) is 0 Å². The molecule has 1 aliphatic heterocycles. The molecule has 0 aromatic heterocycles. The van der Waals surface area contributed by atoms with Crippen LogP contribution in [0.15, 0.2) is 11.5 Å². The van der Waals surface area contributed by atoms with Crippen molar-refractivity contribution < 1.29 is 9.31 Å². The van der Waals surface area contributed by atoms with Crippen molar-refractivity contribution in [2.24, 2.45) is 0 Å². The molecule has 1 aliphatic carbocycles. The maximum atomic E-state index is 6.06. The Kier molecular flexibility index (Phi) is 3.41. The summed E-state index contributed by atoms with van der Waals surface area (Å²) >= 11 is 0. The largest absolute Gasteiger partial charge is 0.490 e. The highest BCUT2D eigenvalue weighted by atomic mass is 16.7. The average molecular weight is 237 g/mol. The highest BCUT2D eigenvalue weighted by Gasteiger charge is 2.52. The lowest BCUT2D eigenvalue weighted by molar-refractivity contribution is 0.00578. The SMILES string of the molecule is CNC1CC=C(B2OC(C)(C)C(C)(C)O2)CC1. The first-order chi connectivity index (χ1) is 7.86. The standard InChI is InChI=1S/C13H24BNO2/c1-12(2)13(3,4)17-14(16-12)10-6-8-11(15-5)9-7-10/h6,11,15H,7-9H2,1-5H3. The molecule has 1 unspecified atom stereocenters. The number of hydrogen-bond donors (Lipinski definition) is 1. The predicted molar refractivity (Wildman–Crippen MR) is 70.9 cm³/mol. The molecule has 1 heterocycles. The number of rotatable bonds is 2. The molecule has 2 aliphatic rings. The highest BCUT2D eigenvalue weighted by molar-refractivity contribution is 6.54. The van der Waals surface area contributed by atoms with Gasteiger partial charge in [-0.3, -0.25) is 0 Å². The Labute approximate surface area is 105 Å². The lowest BCUT2D eigenvalue weighted by atomic mass is 9.72. The Morgan fingerprint density at radius 3 is 2.24 bits per heavy atom. The quantitative estimate of drug-likeness (QED) is 0.747. The van der Waals surface area contributed by atoms with Crippen LogP contribution in [0.3, 0.4) is 0 Å². The van der Waals surface area contributed by atoms with Gasteiger partial charge in [0.05, 0.1) is 11.2 Å². The summed E-state index contributed by atoms with van der Waals surface area (Å²) in [7, 11) is 1.89. The van der Waals surface area contributed by atoms with Crippen molar-refractivity contribution in [3.05, 3.63) is 11.5 Å². The zero-order chi connectivity index (χ0) is 12.7. The number of allylic oxidation sites excluding steroid dienone is 1. The molecule has 2 rings (SSSR count). The summed E-state index contributed by atoms with van der Waals surface area (Å²) in [6, 6.07) is 0.612. The van der Waals surface area contributed by atoms with Gasteiger partial charge in [0.15, 0.2) is 0 Å². The Morgan fingerprint density at radius 2 is 1.82 bits per heavy atom. The van der Waals surface area contributed by atoms with Crippen molar-refractivity contribution in [1.82, 2.24) is 5.32 Å². The van der Waals surface area contributed by atoms with Crippen molar-refractivity contribution in [1.29, 1.82) is 0 Å². The lowest BCUT2D eigenvalue weighted by Gasteiger charge is -2.32. The van der Waals surface area contributed by atoms with Gasteiger partial charge in [-0.15, -0.1) is 0 Å². The molecule has 17 heavy (non-hydrogen) atoms. The van der Waals surface area contributed by atoms with E-state index in [1.807, 2.05) is 7.05 Å². The minimum atomic E-state index is -0.224. The minimum absolute atomic E-state index is 0.141. The second-order valence-electron chi connectivity index (χ2n) is 6.13. The first-order valence-electron chi connectivity index (χ1n) is 6.57. The molecule has 1 N–H and O–H groups in total. The molecule has 96 valence electrons. The highest BCUT2D eigenvalue weighted by Crippen LogP contribution is 2.40. The van der Waals surface area contributed by atoms with Gasteiger partial charge in [-0.1, -0.05) is 6.08 Å². The molecule has 0 radical (unpaired) electrons. The van der Waals surface area contributed by atoms with Crippen LogP contribution in [0.25, 0.3) is 0 Å². The van der Waals surface area contributed by atoms with Gasteiger partial charge in [0.2, 0.25) is 0 Å². The molecule has 0 aromatic rings. The summed E-state index contributed by atoms with van der Waals surface area (Å²) in [6.07, 6.45) is 5.61. The van der Waals surface area contributed by atoms with Crippen molar-refractivity contribution >= 4 is 7.12 Å². The van der Waals surface area contributed by atoms with Crippen molar-refractivity contribution in [3.63, 3.8) is 0 Å². The van der Waals surface area contributed by atoms with Crippen LogP contribution >= 0.6 is 0 Å². The maximum absolute atomic E-state index is 6.06. The Balaban J connectivity index is 2.05. The van der Waals surface area contributed by atoms with E-state index < -0.39 is 0 Å². The van der Waals surface area contributed by atoms with E-state index in [2.05, 4.69) is 39.1 Å². The van der Waals surface area contributed by atoms with Crippen molar-refractivity contribution in [2.75, 3.05) is 7.05 Å². The van der Waals surface area contributed by atoms with Crippen LogP contribution in [-0.4, -0.2) is 31.4 Å². The van der Waals surface area contributed by atoms with Crippen LogP contribution in [0.4, 0.5) is 0 Å². The summed E-state index contributed by atoms with van der Waals surface area (Å²) < 4.78 is 12.1. The van der Waals surface area contributed by atoms with E-state index in [9.17, 15) is 0 Å². The van der Waals surface area contributed by atoms with Gasteiger partial charge in [0.1, 0.15) is 0 Å². The normalized spacial score (nSPS) is 31.5. The molecular formula is C13H24BNO2. The van der Waals surface area contributed by atoms with Crippen molar-refractivity contribution in [3.8, 4) is 0 Å². The molecule has 0 aromatic carbocycles. The first-order valence-corrected chi connectivity index (χ1v) is 6.57. The summed E-state index contributed by atoms with van der Waals surface area (Å²) in [5.41, 5.74) is 0.867. The molecule has 1 fully saturated rings. The van der Waals surface area contributed by atoms with E-state index in [1.54, 1.807) is 0 Å². The summed E-state index contributed by atoms with van der Waals surface area (Å²) in [5.74, 6) is 0. The monoisotopic (exact) mass is 237 g/mol. The minimum Gasteiger partial charge on any atom is -0.400 e. The van der Waals surface area contributed by atoms with Gasteiger partial charge in [0, 0.05) is 6.04 Å². The molecule has 0 saturated carbocycles. The fourth-order valence-electron chi connectivity index (χ4n) is 2.33. The predicted octanol–water partition coefficient (Wildman–Crippen LogP) is 2.32. The van der Waals surface area contributed by atoms with E-state index in [-0.39, 0.29) is 18.3 Å². The average Bonchev–Trinajstić information content (AvgIpc) is 2.48. The Bertz CT molecular complexity index is 309. The molecule has 4 heteroatoms. The zero-order valence-electron chi connectivity index (χ0n) is 11.7. The van der Waals surface area contributed by atoms with Gasteiger partial charge < -0.3 is 14.6 Å². The van der Waals surface area contributed by atoms with Gasteiger partial charge in [-0.2, -0.15) is 0 Å². The smallest absolute Gasteiger partial charge is 0.400 e. The van der Waals surface area contributed by atoms with Crippen LogP contribution < -0.4 is 5.32 Å². The van der Waals surface area contributed by atoms with Crippen LogP contribution in [0.1, 0.15) is 47.0 Å². The summed E-state index contributed by atoms with van der Waals surface area (Å²) in [4.78, 5) is 0. The maximum Gasteiger partial charge on any atom is 0.490 e. The molecule has 1 atom stereocenters. The van der Waals surface area contributed by atoms with E-state index in [0.717, 1.165) is 12.8 Å². The van der Waals surface area contributed by atoms with Crippen LogP contribution in [0.2, 0.25) is 0 Å². The van der Waals surface area contributed by atoms with E-state index in [0.29, 0.717) is 6.04 Å². The molecule has 0 spiro atoms. The summed E-state index contributed by atoms with van der Waals surface area (Å²) in [5, 5.41) is 3.32. The first kappa shape index (κ1) is 13.1. The third-order valence-electron chi connectivity index (χ3n) is 4.41. The lowest BCUT2D eigenvalue weighted by Crippen LogP contribution is -2.41. The number of hydrogen-bond acceptors (Lipinski definition) is 3. The molecule has 0 amide bonds. The summed E-state index contributed by atoms with van der Waals surface area (Å²) in [6.45, 7) is 8.42. The van der Waals surface area contributed by atoms with E-state index >= 15 is 0 Å². The van der Waals surface area contributed by atoms with E-state index in [1.165, 1.54) is 11.9 Å². The molecular weight excluding hydrogens is 213 g/mol. The van der Waals surface area contributed by atoms with Crippen molar-refractivity contribution in [2.45, 2.75) is 64.2 Å². The van der Waals surface area contributed by atoms with Crippen LogP contribution in [-0.2, 0) is 9.31 Å².